The third kappa shape index (κ3) is 5.50. The minimum Gasteiger partial charge on any atom is -0.444 e. The highest BCUT2D eigenvalue weighted by molar-refractivity contribution is 5.93. The Morgan fingerprint density at radius 2 is 2.13 bits per heavy atom. The Bertz CT molecular complexity index is 960. The lowest BCUT2D eigenvalue weighted by atomic mass is 10.1. The lowest BCUT2D eigenvalue weighted by Gasteiger charge is -2.34. The summed E-state index contributed by atoms with van der Waals surface area (Å²) in [5.41, 5.74) is -0.152. The Morgan fingerprint density at radius 3 is 2.80 bits per heavy atom. The fourth-order valence-electron chi connectivity index (χ4n) is 3.46. The molecule has 0 aromatic carbocycles. The van der Waals surface area contributed by atoms with Crippen molar-refractivity contribution >= 4 is 28.5 Å². The van der Waals surface area contributed by atoms with Gasteiger partial charge in [-0.1, -0.05) is 0 Å². The maximum absolute atomic E-state index is 12.4. The van der Waals surface area contributed by atoms with Gasteiger partial charge in [-0.3, -0.25) is 0 Å². The first kappa shape index (κ1) is 21.6. The van der Waals surface area contributed by atoms with Crippen LogP contribution < -0.4 is 10.6 Å². The molecule has 1 atom stereocenters. The minimum atomic E-state index is -0.507. The van der Waals surface area contributed by atoms with Gasteiger partial charge >= 0.3 is 6.09 Å². The van der Waals surface area contributed by atoms with Crippen LogP contribution in [-0.2, 0) is 4.74 Å². The van der Waals surface area contributed by atoms with Crippen molar-refractivity contribution in [2.75, 3.05) is 23.7 Å². The molecule has 3 heterocycles. The number of aromatic nitrogens is 2. The van der Waals surface area contributed by atoms with Crippen molar-refractivity contribution in [3.63, 3.8) is 0 Å². The molecule has 8 heteroatoms. The molecule has 8 nitrogen and oxygen atoms in total. The number of nitriles is 1. The van der Waals surface area contributed by atoms with Crippen LogP contribution in [0.2, 0.25) is 0 Å². The second-order valence-electron chi connectivity index (χ2n) is 8.97. The Hall–Kier alpha value is -3.08. The second-order valence-corrected chi connectivity index (χ2v) is 8.97. The molecule has 2 N–H and O–H groups in total. The zero-order valence-electron chi connectivity index (χ0n) is 18.3. The fourth-order valence-corrected chi connectivity index (χ4v) is 3.46. The second kappa shape index (κ2) is 8.74. The normalized spacial score (nSPS) is 17.0. The number of ether oxygens (including phenoxy) is 1. The quantitative estimate of drug-likeness (QED) is 0.781. The molecule has 3 rings (SSSR count). The molecule has 2 aromatic rings. The van der Waals surface area contributed by atoms with Gasteiger partial charge in [-0.25, -0.2) is 14.8 Å². The van der Waals surface area contributed by atoms with E-state index in [1.54, 1.807) is 17.2 Å². The van der Waals surface area contributed by atoms with Crippen LogP contribution in [0.1, 0.15) is 53.2 Å². The number of rotatable bonds is 4. The lowest BCUT2D eigenvalue weighted by molar-refractivity contribution is 0.0206. The fraction of sp³-hybridized carbons (Fsp3) is 0.545. The average Bonchev–Trinajstić information content (AvgIpc) is 2.66. The lowest BCUT2D eigenvalue weighted by Crippen LogP contribution is -2.47. The first-order valence-electron chi connectivity index (χ1n) is 10.4. The van der Waals surface area contributed by atoms with Crippen molar-refractivity contribution in [1.82, 2.24) is 14.9 Å². The van der Waals surface area contributed by atoms with Crippen molar-refractivity contribution in [1.29, 1.82) is 5.26 Å². The summed E-state index contributed by atoms with van der Waals surface area (Å²) in [6, 6.07) is 6.05. The highest BCUT2D eigenvalue weighted by Crippen LogP contribution is 2.26. The Balaban J connectivity index is 1.78. The number of amides is 1. The molecule has 1 amide bonds. The Labute approximate surface area is 177 Å². The average molecular weight is 411 g/mol. The van der Waals surface area contributed by atoms with Gasteiger partial charge in [0.05, 0.1) is 0 Å². The third-order valence-electron chi connectivity index (χ3n) is 4.68. The highest BCUT2D eigenvalue weighted by atomic mass is 16.6. The van der Waals surface area contributed by atoms with E-state index in [-0.39, 0.29) is 18.2 Å². The summed E-state index contributed by atoms with van der Waals surface area (Å²) in [6.45, 7) is 10.9. The standard InChI is InChI=1S/C22H30N6O2/c1-14(2)25-20-18-10-19(24-12-15(18)9-17(11-23)27-20)26-16-7-6-8-28(13-16)21(29)30-22(3,4)5/h9-10,12,14,16H,6-8,13H2,1-5H3,(H,24,26)(H,25,27)/t16-/m1/s1. The molecule has 0 saturated carbocycles. The number of nitrogens with zero attached hydrogens (tertiary/aromatic N) is 4. The van der Waals surface area contributed by atoms with Gasteiger partial charge in [0.1, 0.15) is 29.0 Å². The maximum atomic E-state index is 12.4. The molecule has 0 radical (unpaired) electrons. The van der Waals surface area contributed by atoms with Gasteiger partial charge in [0.15, 0.2) is 0 Å². The van der Waals surface area contributed by atoms with Crippen molar-refractivity contribution in [3.05, 3.63) is 24.0 Å². The molecule has 1 aliphatic rings. The van der Waals surface area contributed by atoms with Crippen LogP contribution >= 0.6 is 0 Å². The van der Waals surface area contributed by atoms with Gasteiger partial charge in [-0.15, -0.1) is 0 Å². The van der Waals surface area contributed by atoms with Gasteiger partial charge in [-0.05, 0) is 59.6 Å². The molecule has 0 aliphatic carbocycles. The van der Waals surface area contributed by atoms with Crippen LogP contribution in [0.15, 0.2) is 18.3 Å². The summed E-state index contributed by atoms with van der Waals surface area (Å²) in [5.74, 6) is 1.39. The largest absolute Gasteiger partial charge is 0.444 e. The van der Waals surface area contributed by atoms with Crippen LogP contribution in [0, 0.1) is 11.3 Å². The van der Waals surface area contributed by atoms with Crippen molar-refractivity contribution in [2.24, 2.45) is 0 Å². The molecule has 160 valence electrons. The van der Waals surface area contributed by atoms with Crippen LogP contribution in [0.25, 0.3) is 10.8 Å². The summed E-state index contributed by atoms with van der Waals surface area (Å²) in [7, 11) is 0. The topological polar surface area (TPSA) is 103 Å². The van der Waals surface area contributed by atoms with E-state index in [0.29, 0.717) is 24.6 Å². The van der Waals surface area contributed by atoms with E-state index in [1.165, 1.54) is 0 Å². The predicted molar refractivity (Wildman–Crippen MR) is 117 cm³/mol. The number of carbonyl (C=O) groups is 1. The molecule has 1 saturated heterocycles. The zero-order chi connectivity index (χ0) is 21.9. The Morgan fingerprint density at radius 1 is 1.37 bits per heavy atom. The minimum absolute atomic E-state index is 0.0871. The molecular weight excluding hydrogens is 380 g/mol. The van der Waals surface area contributed by atoms with E-state index < -0.39 is 5.60 Å². The summed E-state index contributed by atoms with van der Waals surface area (Å²) in [5, 5.41) is 17.8. The third-order valence-corrected chi connectivity index (χ3v) is 4.68. The molecule has 1 fully saturated rings. The number of carbonyl (C=O) groups excluding carboxylic acids is 1. The molecule has 2 aromatic heterocycles. The van der Waals surface area contributed by atoms with Crippen molar-refractivity contribution in [3.8, 4) is 6.07 Å². The molecule has 1 aliphatic heterocycles. The smallest absolute Gasteiger partial charge is 0.410 e. The highest BCUT2D eigenvalue weighted by Gasteiger charge is 2.27. The number of anilines is 2. The number of likely N-dealkylation sites (tertiary alicyclic amines) is 1. The number of piperidine rings is 1. The summed E-state index contributed by atoms with van der Waals surface area (Å²) in [6.07, 6.45) is 3.32. The first-order valence-corrected chi connectivity index (χ1v) is 10.4. The summed E-state index contributed by atoms with van der Waals surface area (Å²) < 4.78 is 5.51. The van der Waals surface area contributed by atoms with E-state index in [4.69, 9.17) is 4.74 Å². The molecule has 30 heavy (non-hydrogen) atoms. The van der Waals surface area contributed by atoms with Gasteiger partial charge in [-0.2, -0.15) is 5.26 Å². The number of hydrogen-bond acceptors (Lipinski definition) is 7. The van der Waals surface area contributed by atoms with Crippen LogP contribution in [0.5, 0.6) is 0 Å². The SMILES string of the molecule is CC(C)Nc1nc(C#N)cc2cnc(N[C@@H]3CCCN(C(=O)OC(C)(C)C)C3)cc12. The number of fused-ring (bicyclic) bond motifs is 1. The molecular formula is C22H30N6O2. The molecule has 0 bridgehead atoms. The van der Waals surface area contributed by atoms with Gasteiger partial charge in [0.2, 0.25) is 0 Å². The van der Waals surface area contributed by atoms with Crippen molar-refractivity contribution < 1.29 is 9.53 Å². The zero-order valence-corrected chi connectivity index (χ0v) is 18.3. The predicted octanol–water partition coefficient (Wildman–Crippen LogP) is 4.13. The number of nitrogens with one attached hydrogen (secondary N) is 2. The summed E-state index contributed by atoms with van der Waals surface area (Å²) in [4.78, 5) is 23.1. The van der Waals surface area contributed by atoms with Crippen LogP contribution in [0.3, 0.4) is 0 Å². The summed E-state index contributed by atoms with van der Waals surface area (Å²) >= 11 is 0. The van der Waals surface area contributed by atoms with E-state index in [0.717, 1.165) is 29.4 Å². The van der Waals surface area contributed by atoms with Gasteiger partial charge in [0, 0.05) is 42.1 Å². The maximum Gasteiger partial charge on any atom is 0.410 e. The van der Waals surface area contributed by atoms with E-state index >= 15 is 0 Å². The monoisotopic (exact) mass is 410 g/mol. The first-order chi connectivity index (χ1) is 14.1. The van der Waals surface area contributed by atoms with E-state index in [1.807, 2.05) is 40.7 Å². The van der Waals surface area contributed by atoms with E-state index in [2.05, 4.69) is 26.7 Å². The number of hydrogen-bond donors (Lipinski definition) is 2. The van der Waals surface area contributed by atoms with Gasteiger partial charge in [0.25, 0.3) is 0 Å². The van der Waals surface area contributed by atoms with E-state index in [9.17, 15) is 10.1 Å². The molecule has 0 spiro atoms. The van der Waals surface area contributed by atoms with Gasteiger partial charge < -0.3 is 20.3 Å². The van der Waals surface area contributed by atoms with Crippen LogP contribution in [0.4, 0.5) is 16.4 Å². The van der Waals surface area contributed by atoms with Crippen molar-refractivity contribution in [2.45, 2.75) is 65.1 Å². The Kier molecular flexibility index (Phi) is 6.30. The molecule has 0 unspecified atom stereocenters. The van der Waals surface area contributed by atoms with Crippen LogP contribution in [-0.4, -0.2) is 51.7 Å². The number of pyridine rings is 2.